The second kappa shape index (κ2) is 9.11. The molecular weight excluding hydrogens is 400 g/mol. The van der Waals surface area contributed by atoms with Crippen molar-refractivity contribution >= 4 is 34.8 Å². The second-order valence-corrected chi connectivity index (χ2v) is 5.84. The number of nitrogens with zero attached hydrogens (tertiary/aromatic N) is 6. The highest BCUT2D eigenvalue weighted by atomic mass is 35.5. The van der Waals surface area contributed by atoms with Gasteiger partial charge in [-0.3, -0.25) is 0 Å². The summed E-state index contributed by atoms with van der Waals surface area (Å²) in [6, 6.07) is 6.40. The van der Waals surface area contributed by atoms with Crippen molar-refractivity contribution in [2.45, 2.75) is 13.8 Å². The van der Waals surface area contributed by atoms with Crippen LogP contribution >= 0.6 is 11.6 Å². The molecule has 0 unspecified atom stereocenters. The predicted molar refractivity (Wildman–Crippen MR) is 105 cm³/mol. The third-order valence-corrected chi connectivity index (χ3v) is 3.81. The SMILES string of the molecule is CCOC(=O)c1cc(Cl)n2nccc2n1.CCOC(=O)c1ccn2nccc2n1.[HH]. The highest BCUT2D eigenvalue weighted by Gasteiger charge is 2.12. The summed E-state index contributed by atoms with van der Waals surface area (Å²) in [6.45, 7) is 4.15. The number of aromatic nitrogens is 6. The summed E-state index contributed by atoms with van der Waals surface area (Å²) in [5.41, 5.74) is 1.65. The van der Waals surface area contributed by atoms with Crippen LogP contribution in [-0.2, 0) is 9.47 Å². The lowest BCUT2D eigenvalue weighted by Gasteiger charge is -2.02. The zero-order chi connectivity index (χ0) is 20.8. The normalized spacial score (nSPS) is 10.4. The molecule has 0 aromatic carbocycles. The van der Waals surface area contributed by atoms with Crippen LogP contribution in [0.3, 0.4) is 0 Å². The third-order valence-electron chi connectivity index (χ3n) is 3.54. The van der Waals surface area contributed by atoms with Crippen LogP contribution in [0.15, 0.2) is 42.9 Å². The lowest BCUT2D eigenvalue weighted by atomic mass is 10.4. The van der Waals surface area contributed by atoms with Gasteiger partial charge in [0.05, 0.1) is 25.6 Å². The van der Waals surface area contributed by atoms with E-state index in [2.05, 4.69) is 20.2 Å². The summed E-state index contributed by atoms with van der Waals surface area (Å²) in [6.07, 6.45) is 4.86. The van der Waals surface area contributed by atoms with Crippen LogP contribution in [0.2, 0.25) is 5.15 Å². The Bertz CT molecular complexity index is 1160. The van der Waals surface area contributed by atoms with E-state index < -0.39 is 11.9 Å². The van der Waals surface area contributed by atoms with Gasteiger partial charge in [0.25, 0.3) is 0 Å². The summed E-state index contributed by atoms with van der Waals surface area (Å²) in [5, 5.41) is 8.23. The smallest absolute Gasteiger partial charge is 0.357 e. The zero-order valence-corrected chi connectivity index (χ0v) is 16.4. The quantitative estimate of drug-likeness (QED) is 0.367. The second-order valence-electron chi connectivity index (χ2n) is 5.45. The molecule has 0 aliphatic rings. The molecule has 0 radical (unpaired) electrons. The Balaban J connectivity index is 0.000000207. The van der Waals surface area contributed by atoms with E-state index in [9.17, 15) is 9.59 Å². The minimum Gasteiger partial charge on any atom is -0.461 e. The van der Waals surface area contributed by atoms with Gasteiger partial charge in [-0.2, -0.15) is 10.2 Å². The molecule has 0 spiro atoms. The molecule has 0 bridgehead atoms. The molecule has 4 aromatic heterocycles. The van der Waals surface area contributed by atoms with Gasteiger partial charge in [-0.15, -0.1) is 0 Å². The summed E-state index contributed by atoms with van der Waals surface area (Å²) < 4.78 is 12.7. The van der Waals surface area contributed by atoms with Gasteiger partial charge in [-0.05, 0) is 19.9 Å². The Morgan fingerprint density at radius 2 is 1.59 bits per heavy atom. The lowest BCUT2D eigenvalue weighted by molar-refractivity contribution is 0.0510. The van der Waals surface area contributed by atoms with E-state index in [0.717, 1.165) is 0 Å². The van der Waals surface area contributed by atoms with Crippen molar-refractivity contribution < 1.29 is 20.5 Å². The first-order valence-electron chi connectivity index (χ1n) is 8.68. The number of rotatable bonds is 4. The highest BCUT2D eigenvalue weighted by Crippen LogP contribution is 2.13. The number of hydrogen-bond acceptors (Lipinski definition) is 8. The Labute approximate surface area is 171 Å². The minimum absolute atomic E-state index is 0. The number of ether oxygens (including phenoxy) is 2. The van der Waals surface area contributed by atoms with Crippen molar-refractivity contribution in [3.8, 4) is 0 Å². The van der Waals surface area contributed by atoms with Crippen LogP contribution in [0.25, 0.3) is 11.3 Å². The van der Waals surface area contributed by atoms with Crippen LogP contribution in [-0.4, -0.2) is 54.3 Å². The fourth-order valence-electron chi connectivity index (χ4n) is 2.32. The van der Waals surface area contributed by atoms with Crippen molar-refractivity contribution in [2.75, 3.05) is 13.2 Å². The van der Waals surface area contributed by atoms with Gasteiger partial charge in [-0.1, -0.05) is 11.6 Å². The molecule has 0 saturated heterocycles. The Hall–Kier alpha value is -3.53. The van der Waals surface area contributed by atoms with Gasteiger partial charge in [0.1, 0.15) is 5.15 Å². The predicted octanol–water partition coefficient (Wildman–Crippen LogP) is 2.71. The van der Waals surface area contributed by atoms with E-state index in [-0.39, 0.29) is 7.12 Å². The number of carbonyl (C=O) groups excluding carboxylic acids is 2. The number of carbonyl (C=O) groups is 2. The van der Waals surface area contributed by atoms with E-state index in [4.69, 9.17) is 21.1 Å². The number of fused-ring (bicyclic) bond motifs is 2. The highest BCUT2D eigenvalue weighted by molar-refractivity contribution is 6.30. The van der Waals surface area contributed by atoms with E-state index in [1.165, 1.54) is 10.6 Å². The molecule has 11 heteroatoms. The summed E-state index contributed by atoms with van der Waals surface area (Å²) >= 11 is 5.90. The fraction of sp³-hybridized carbons (Fsp3) is 0.222. The summed E-state index contributed by atoms with van der Waals surface area (Å²) in [4.78, 5) is 30.8. The summed E-state index contributed by atoms with van der Waals surface area (Å²) in [5.74, 6) is -0.890. The maximum atomic E-state index is 11.4. The van der Waals surface area contributed by atoms with Gasteiger partial charge in [0.15, 0.2) is 22.7 Å². The molecule has 0 aliphatic carbocycles. The van der Waals surface area contributed by atoms with Crippen LogP contribution < -0.4 is 0 Å². The number of hydrogen-bond donors (Lipinski definition) is 0. The average molecular weight is 419 g/mol. The van der Waals surface area contributed by atoms with Crippen LogP contribution in [0.4, 0.5) is 0 Å². The van der Waals surface area contributed by atoms with Gasteiger partial charge < -0.3 is 9.47 Å². The van der Waals surface area contributed by atoms with E-state index in [1.807, 2.05) is 0 Å². The van der Waals surface area contributed by atoms with Crippen LogP contribution in [0, 0.1) is 0 Å². The average Bonchev–Trinajstić information content (AvgIpc) is 3.37. The molecule has 4 aromatic rings. The fourth-order valence-corrected chi connectivity index (χ4v) is 2.55. The van der Waals surface area contributed by atoms with Crippen molar-refractivity contribution in [3.05, 3.63) is 59.4 Å². The zero-order valence-electron chi connectivity index (χ0n) is 15.6. The van der Waals surface area contributed by atoms with Gasteiger partial charge in [0.2, 0.25) is 0 Å². The van der Waals surface area contributed by atoms with Gasteiger partial charge >= 0.3 is 11.9 Å². The largest absolute Gasteiger partial charge is 0.461 e. The lowest BCUT2D eigenvalue weighted by Crippen LogP contribution is -2.08. The molecule has 0 saturated carbocycles. The molecule has 0 aliphatic heterocycles. The minimum atomic E-state index is -0.483. The number of esters is 2. The molecule has 0 fully saturated rings. The van der Waals surface area contributed by atoms with Crippen molar-refractivity contribution in [1.29, 1.82) is 0 Å². The number of halogens is 1. The standard InChI is InChI=1S/C9H8ClN3O2.C9H9N3O2.H2/c1-2-15-9(14)6-5-7(10)13-8(12-6)3-4-11-13;1-2-14-9(13)7-4-6-12-8(11-7)3-5-10-12;/h3-5H,2H2,1H3;3-6H,2H2,1H3;1H. The van der Waals surface area contributed by atoms with Gasteiger partial charge in [-0.25, -0.2) is 28.6 Å². The maximum absolute atomic E-state index is 11.4. The van der Waals surface area contributed by atoms with E-state index >= 15 is 0 Å². The van der Waals surface area contributed by atoms with Crippen LogP contribution in [0.1, 0.15) is 36.3 Å². The Morgan fingerprint density at radius 1 is 0.966 bits per heavy atom. The molecule has 0 atom stereocenters. The van der Waals surface area contributed by atoms with E-state index in [0.29, 0.717) is 35.4 Å². The summed E-state index contributed by atoms with van der Waals surface area (Å²) in [7, 11) is 0. The third kappa shape index (κ3) is 4.66. The van der Waals surface area contributed by atoms with Gasteiger partial charge in [0, 0.05) is 25.8 Å². The first kappa shape index (κ1) is 20.2. The maximum Gasteiger partial charge on any atom is 0.357 e. The molecule has 10 nitrogen and oxygen atoms in total. The van der Waals surface area contributed by atoms with E-state index in [1.54, 1.807) is 55.2 Å². The first-order chi connectivity index (χ1) is 14.0. The molecular formula is C18H19ClN6O4. The molecule has 29 heavy (non-hydrogen) atoms. The molecule has 4 rings (SSSR count). The van der Waals surface area contributed by atoms with Crippen molar-refractivity contribution in [3.63, 3.8) is 0 Å². The monoisotopic (exact) mass is 418 g/mol. The molecule has 4 heterocycles. The molecule has 0 N–H and O–H groups in total. The Morgan fingerprint density at radius 3 is 2.31 bits per heavy atom. The topological polar surface area (TPSA) is 113 Å². The molecule has 0 amide bonds. The van der Waals surface area contributed by atoms with Crippen LogP contribution in [0.5, 0.6) is 0 Å². The molecule has 152 valence electrons. The first-order valence-corrected chi connectivity index (χ1v) is 9.06. The van der Waals surface area contributed by atoms with Crippen molar-refractivity contribution in [2.24, 2.45) is 0 Å². The Kier molecular flexibility index (Phi) is 6.35. The van der Waals surface area contributed by atoms with Crippen molar-refractivity contribution in [1.82, 2.24) is 29.2 Å².